The molecular formula is C15H18N4O. The molecule has 1 atom stereocenters. The number of carbonyl (C=O) groups excluding carboxylic acids is 1. The van der Waals surface area contributed by atoms with Gasteiger partial charge in [0.15, 0.2) is 0 Å². The second-order valence-electron chi connectivity index (χ2n) is 5.05. The minimum absolute atomic E-state index is 0.0806. The first kappa shape index (κ1) is 12.9. The van der Waals surface area contributed by atoms with Crippen molar-refractivity contribution in [3.05, 3.63) is 43.0 Å². The Kier molecular flexibility index (Phi) is 3.78. The summed E-state index contributed by atoms with van der Waals surface area (Å²) in [4.78, 5) is 16.1. The monoisotopic (exact) mass is 270 g/mol. The van der Waals surface area contributed by atoms with Gasteiger partial charge in [-0.2, -0.15) is 0 Å². The molecule has 1 amide bonds. The number of piperidine rings is 1. The highest BCUT2D eigenvalue weighted by atomic mass is 16.1. The van der Waals surface area contributed by atoms with Crippen LogP contribution >= 0.6 is 0 Å². The predicted octanol–water partition coefficient (Wildman–Crippen LogP) is 1.81. The van der Waals surface area contributed by atoms with Crippen LogP contribution in [0.5, 0.6) is 0 Å². The number of anilines is 1. The topological polar surface area (TPSA) is 59.0 Å². The molecular weight excluding hydrogens is 252 g/mol. The van der Waals surface area contributed by atoms with Crippen molar-refractivity contribution in [3.8, 4) is 5.69 Å². The molecule has 2 N–H and O–H groups in total. The Morgan fingerprint density at radius 2 is 2.20 bits per heavy atom. The van der Waals surface area contributed by atoms with E-state index in [1.54, 1.807) is 12.5 Å². The summed E-state index contributed by atoms with van der Waals surface area (Å²) in [6.45, 7) is 1.79. The highest BCUT2D eigenvalue weighted by Crippen LogP contribution is 2.16. The van der Waals surface area contributed by atoms with Crippen LogP contribution in [-0.4, -0.2) is 28.5 Å². The van der Waals surface area contributed by atoms with Crippen molar-refractivity contribution < 1.29 is 4.79 Å². The van der Waals surface area contributed by atoms with E-state index < -0.39 is 0 Å². The molecule has 5 nitrogen and oxygen atoms in total. The summed E-state index contributed by atoms with van der Waals surface area (Å²) < 4.78 is 1.93. The Hall–Kier alpha value is -2.14. The van der Waals surface area contributed by atoms with Crippen LogP contribution < -0.4 is 10.6 Å². The molecule has 1 aliphatic heterocycles. The normalized spacial score (nSPS) is 18.7. The van der Waals surface area contributed by atoms with E-state index >= 15 is 0 Å². The second-order valence-corrected chi connectivity index (χ2v) is 5.05. The Balaban J connectivity index is 1.64. The molecule has 20 heavy (non-hydrogen) atoms. The van der Waals surface area contributed by atoms with Crippen LogP contribution in [0.15, 0.2) is 43.0 Å². The average Bonchev–Trinajstić information content (AvgIpc) is 3.03. The summed E-state index contributed by atoms with van der Waals surface area (Å²) in [5, 5.41) is 6.24. The van der Waals surface area contributed by atoms with Gasteiger partial charge in [0.25, 0.3) is 0 Å². The second kappa shape index (κ2) is 5.88. The minimum Gasteiger partial charge on any atom is -0.326 e. The van der Waals surface area contributed by atoms with Crippen LogP contribution in [0.3, 0.4) is 0 Å². The van der Waals surface area contributed by atoms with E-state index in [1.807, 2.05) is 35.0 Å². The van der Waals surface area contributed by atoms with E-state index in [9.17, 15) is 4.79 Å². The van der Waals surface area contributed by atoms with Crippen molar-refractivity contribution in [1.82, 2.24) is 14.9 Å². The van der Waals surface area contributed by atoms with Gasteiger partial charge in [0.2, 0.25) is 5.91 Å². The van der Waals surface area contributed by atoms with E-state index in [4.69, 9.17) is 0 Å². The number of amides is 1. The lowest BCUT2D eigenvalue weighted by molar-refractivity contribution is -0.120. The standard InChI is InChI=1S/C15H18N4O/c20-15(12-2-1-7-16-10-12)18-13-3-5-14(6-4-13)19-9-8-17-11-19/h3-6,8-9,11-12,16H,1-2,7,10H2,(H,18,20). The number of nitrogens with zero attached hydrogens (tertiary/aromatic N) is 2. The number of imidazole rings is 1. The third-order valence-corrected chi connectivity index (χ3v) is 3.61. The van der Waals surface area contributed by atoms with E-state index in [0.717, 1.165) is 37.3 Å². The largest absolute Gasteiger partial charge is 0.326 e. The first-order chi connectivity index (χ1) is 9.83. The average molecular weight is 270 g/mol. The maximum Gasteiger partial charge on any atom is 0.228 e. The van der Waals surface area contributed by atoms with Crippen LogP contribution in [-0.2, 0) is 4.79 Å². The summed E-state index contributed by atoms with van der Waals surface area (Å²) >= 11 is 0. The molecule has 1 saturated heterocycles. The molecule has 2 aromatic rings. The molecule has 0 bridgehead atoms. The number of hydrogen-bond acceptors (Lipinski definition) is 3. The lowest BCUT2D eigenvalue weighted by atomic mass is 9.99. The van der Waals surface area contributed by atoms with Crippen molar-refractivity contribution >= 4 is 11.6 Å². The maximum absolute atomic E-state index is 12.1. The van der Waals surface area contributed by atoms with Crippen LogP contribution in [0, 0.1) is 5.92 Å². The van der Waals surface area contributed by atoms with Gasteiger partial charge in [0, 0.05) is 30.3 Å². The van der Waals surface area contributed by atoms with Crippen LogP contribution in [0.1, 0.15) is 12.8 Å². The van der Waals surface area contributed by atoms with Crippen LogP contribution in [0.2, 0.25) is 0 Å². The van der Waals surface area contributed by atoms with E-state index in [2.05, 4.69) is 15.6 Å². The van der Waals surface area contributed by atoms with E-state index in [-0.39, 0.29) is 11.8 Å². The van der Waals surface area contributed by atoms with Gasteiger partial charge in [0.05, 0.1) is 12.2 Å². The quantitative estimate of drug-likeness (QED) is 0.894. The summed E-state index contributed by atoms with van der Waals surface area (Å²) in [5.74, 6) is 0.185. The van der Waals surface area contributed by atoms with Crippen molar-refractivity contribution in [1.29, 1.82) is 0 Å². The van der Waals surface area contributed by atoms with Gasteiger partial charge in [0.1, 0.15) is 0 Å². The predicted molar refractivity (Wildman–Crippen MR) is 77.8 cm³/mol. The SMILES string of the molecule is O=C(Nc1ccc(-n2ccnc2)cc1)C1CCCNC1. The fourth-order valence-corrected chi connectivity index (χ4v) is 2.45. The minimum atomic E-state index is 0.0806. The zero-order chi connectivity index (χ0) is 13.8. The Morgan fingerprint density at radius 3 is 2.85 bits per heavy atom. The van der Waals surface area contributed by atoms with E-state index in [0.29, 0.717) is 0 Å². The molecule has 0 radical (unpaired) electrons. The first-order valence-electron chi connectivity index (χ1n) is 6.93. The summed E-state index contributed by atoms with van der Waals surface area (Å²) in [6, 6.07) is 7.78. The van der Waals surface area contributed by atoms with Gasteiger partial charge in [-0.1, -0.05) is 0 Å². The van der Waals surface area contributed by atoms with Gasteiger partial charge in [-0.25, -0.2) is 4.98 Å². The molecule has 1 aromatic carbocycles. The fourth-order valence-electron chi connectivity index (χ4n) is 2.45. The molecule has 2 heterocycles. The number of aromatic nitrogens is 2. The third-order valence-electron chi connectivity index (χ3n) is 3.61. The van der Waals surface area contributed by atoms with Crippen molar-refractivity contribution in [2.45, 2.75) is 12.8 Å². The van der Waals surface area contributed by atoms with Crippen molar-refractivity contribution in [3.63, 3.8) is 0 Å². The maximum atomic E-state index is 12.1. The van der Waals surface area contributed by atoms with Gasteiger partial charge in [-0.15, -0.1) is 0 Å². The Morgan fingerprint density at radius 1 is 1.35 bits per heavy atom. The summed E-state index contributed by atoms with van der Waals surface area (Å²) in [6.07, 6.45) is 7.41. The molecule has 3 rings (SSSR count). The molecule has 0 saturated carbocycles. The summed E-state index contributed by atoms with van der Waals surface area (Å²) in [7, 11) is 0. The zero-order valence-electron chi connectivity index (χ0n) is 11.2. The molecule has 1 fully saturated rings. The molecule has 5 heteroatoms. The Labute approximate surface area is 118 Å². The van der Waals surface area contributed by atoms with Crippen molar-refractivity contribution in [2.24, 2.45) is 5.92 Å². The molecule has 0 spiro atoms. The third kappa shape index (κ3) is 2.88. The van der Waals surface area contributed by atoms with Gasteiger partial charge in [-0.05, 0) is 43.7 Å². The summed E-state index contributed by atoms with van der Waals surface area (Å²) in [5.41, 5.74) is 1.87. The van der Waals surface area contributed by atoms with Gasteiger partial charge >= 0.3 is 0 Å². The van der Waals surface area contributed by atoms with Crippen LogP contribution in [0.4, 0.5) is 5.69 Å². The number of nitrogens with one attached hydrogen (secondary N) is 2. The molecule has 1 aliphatic rings. The van der Waals surface area contributed by atoms with E-state index in [1.165, 1.54) is 0 Å². The number of carbonyl (C=O) groups is 1. The Bertz CT molecular complexity index is 556. The van der Waals surface area contributed by atoms with Gasteiger partial charge in [-0.3, -0.25) is 4.79 Å². The smallest absolute Gasteiger partial charge is 0.228 e. The highest BCUT2D eigenvalue weighted by Gasteiger charge is 2.20. The fraction of sp³-hybridized carbons (Fsp3) is 0.333. The first-order valence-corrected chi connectivity index (χ1v) is 6.93. The molecule has 1 unspecified atom stereocenters. The molecule has 0 aliphatic carbocycles. The lowest BCUT2D eigenvalue weighted by Gasteiger charge is -2.21. The molecule has 104 valence electrons. The number of hydrogen-bond donors (Lipinski definition) is 2. The number of rotatable bonds is 3. The number of benzene rings is 1. The highest BCUT2D eigenvalue weighted by molar-refractivity contribution is 5.92. The van der Waals surface area contributed by atoms with Crippen LogP contribution in [0.25, 0.3) is 5.69 Å². The molecule has 1 aromatic heterocycles. The zero-order valence-corrected chi connectivity index (χ0v) is 11.2. The van der Waals surface area contributed by atoms with Crippen molar-refractivity contribution in [2.75, 3.05) is 18.4 Å². The lowest BCUT2D eigenvalue weighted by Crippen LogP contribution is -2.37. The van der Waals surface area contributed by atoms with Gasteiger partial charge < -0.3 is 15.2 Å².